The highest BCUT2D eigenvalue weighted by Crippen LogP contribution is 2.59. The lowest BCUT2D eigenvalue weighted by Gasteiger charge is -2.25. The van der Waals surface area contributed by atoms with Crippen molar-refractivity contribution in [3.05, 3.63) is 220 Å². The van der Waals surface area contributed by atoms with Crippen LogP contribution in [0.25, 0.3) is 88.4 Å². The van der Waals surface area contributed by atoms with Gasteiger partial charge in [0.05, 0.1) is 0 Å². The highest BCUT2D eigenvalue weighted by molar-refractivity contribution is 6.19. The second-order valence-corrected chi connectivity index (χ2v) is 21.9. The van der Waals surface area contributed by atoms with Crippen LogP contribution in [0.3, 0.4) is 0 Å². The lowest BCUT2D eigenvalue weighted by Crippen LogP contribution is -2.17. The van der Waals surface area contributed by atoms with E-state index < -0.39 is 0 Å². The molecule has 0 fully saturated rings. The van der Waals surface area contributed by atoms with Crippen molar-refractivity contribution in [2.75, 3.05) is 0 Å². The Bertz CT molecular complexity index is 3990. The molecule has 3 nitrogen and oxygen atoms in total. The molecule has 0 saturated heterocycles. The van der Waals surface area contributed by atoms with Gasteiger partial charge in [-0.15, -0.1) is 0 Å². The van der Waals surface area contributed by atoms with Crippen molar-refractivity contribution in [1.29, 1.82) is 0 Å². The van der Waals surface area contributed by atoms with E-state index in [1.807, 2.05) is 12.4 Å². The maximum atomic E-state index is 6.74. The van der Waals surface area contributed by atoms with Gasteiger partial charge in [0, 0.05) is 55.7 Å². The molecule has 0 amide bonds. The molecule has 3 heterocycles. The molecule has 0 aliphatic heterocycles. The van der Waals surface area contributed by atoms with E-state index in [0.29, 0.717) is 0 Å². The highest BCUT2D eigenvalue weighted by atomic mass is 16.3. The van der Waals surface area contributed by atoms with Gasteiger partial charge in [0.1, 0.15) is 22.3 Å². The third kappa shape index (κ3) is 5.65. The number of hydrogen-bond donors (Lipinski definition) is 0. The molecular weight excluding hydrogens is 839 g/mol. The minimum absolute atomic E-state index is 0.140. The van der Waals surface area contributed by atoms with Gasteiger partial charge in [0.25, 0.3) is 0 Å². The fourth-order valence-electron chi connectivity index (χ4n) is 13.2. The van der Waals surface area contributed by atoms with Gasteiger partial charge in [0.2, 0.25) is 0 Å². The molecule has 1 unspecified atom stereocenters. The smallest absolute Gasteiger partial charge is 0.143 e. The Morgan fingerprint density at radius 1 is 0.435 bits per heavy atom. The van der Waals surface area contributed by atoms with Crippen molar-refractivity contribution < 1.29 is 8.83 Å². The molecule has 0 radical (unpaired) electrons. The number of pyridine rings is 1. The fourth-order valence-corrected chi connectivity index (χ4v) is 13.2. The highest BCUT2D eigenvalue weighted by Gasteiger charge is 2.43. The summed E-state index contributed by atoms with van der Waals surface area (Å²) < 4.78 is 13.2. The average Bonchev–Trinajstić information content (AvgIpc) is 4.10. The molecule has 334 valence electrons. The SMILES string of the molecule is Cc1ccc(C(Cc2ccc3c(c2)C(C)(C)c2cc4c(cc2-3)C(C)(C)c2ccc3oc5ccccc5c3c2-4)Cc2ccc3c(c2)C(C)(C)c2cc(-c4ccncc4)c4oc5ccccc5c4c2-3)cc1. The first-order chi connectivity index (χ1) is 33.4. The third-order valence-corrected chi connectivity index (χ3v) is 16.9. The molecule has 11 aromatic rings. The quantitative estimate of drug-likeness (QED) is 0.167. The third-order valence-electron chi connectivity index (χ3n) is 16.9. The van der Waals surface area contributed by atoms with Gasteiger partial charge in [-0.1, -0.05) is 150 Å². The predicted octanol–water partition coefficient (Wildman–Crippen LogP) is 17.3. The Kier molecular flexibility index (Phi) is 8.26. The van der Waals surface area contributed by atoms with E-state index in [4.69, 9.17) is 8.83 Å². The zero-order valence-corrected chi connectivity index (χ0v) is 40.3. The molecule has 1 atom stereocenters. The van der Waals surface area contributed by atoms with E-state index in [2.05, 4.69) is 205 Å². The number of aryl methyl sites for hydroxylation is 1. The number of hydrogen-bond acceptors (Lipinski definition) is 3. The minimum Gasteiger partial charge on any atom is -0.456 e. The van der Waals surface area contributed by atoms with Crippen LogP contribution in [-0.4, -0.2) is 4.98 Å². The van der Waals surface area contributed by atoms with E-state index in [-0.39, 0.29) is 22.2 Å². The van der Waals surface area contributed by atoms with Crippen LogP contribution in [0.5, 0.6) is 0 Å². The van der Waals surface area contributed by atoms with Gasteiger partial charge in [-0.05, 0) is 163 Å². The summed E-state index contributed by atoms with van der Waals surface area (Å²) in [6, 6.07) is 57.2. The Morgan fingerprint density at radius 3 is 1.71 bits per heavy atom. The van der Waals surface area contributed by atoms with Gasteiger partial charge in [-0.25, -0.2) is 0 Å². The number of nitrogens with zero attached hydrogens (tertiary/aromatic N) is 1. The van der Waals surface area contributed by atoms with Crippen molar-refractivity contribution in [3.8, 4) is 44.5 Å². The van der Waals surface area contributed by atoms with Gasteiger partial charge < -0.3 is 8.83 Å². The molecule has 8 aromatic carbocycles. The van der Waals surface area contributed by atoms with Gasteiger partial charge in [-0.2, -0.15) is 0 Å². The van der Waals surface area contributed by atoms with Crippen molar-refractivity contribution in [2.24, 2.45) is 0 Å². The number of fused-ring (bicyclic) bond motifs is 17. The van der Waals surface area contributed by atoms with E-state index >= 15 is 0 Å². The summed E-state index contributed by atoms with van der Waals surface area (Å²) in [6.45, 7) is 16.7. The van der Waals surface area contributed by atoms with Crippen LogP contribution in [0.2, 0.25) is 0 Å². The van der Waals surface area contributed by atoms with Crippen molar-refractivity contribution in [2.45, 2.75) is 83.5 Å². The van der Waals surface area contributed by atoms with Crippen molar-refractivity contribution in [1.82, 2.24) is 4.98 Å². The first-order valence-electron chi connectivity index (χ1n) is 24.7. The maximum absolute atomic E-state index is 6.74. The molecule has 3 aromatic heterocycles. The second kappa shape index (κ2) is 14.0. The maximum Gasteiger partial charge on any atom is 0.143 e. The topological polar surface area (TPSA) is 39.2 Å². The van der Waals surface area contributed by atoms with Crippen molar-refractivity contribution in [3.63, 3.8) is 0 Å². The average molecular weight is 892 g/mol. The molecule has 0 bridgehead atoms. The Balaban J connectivity index is 0.842. The van der Waals surface area contributed by atoms with E-state index in [1.54, 1.807) is 0 Å². The zero-order valence-electron chi connectivity index (χ0n) is 40.3. The van der Waals surface area contributed by atoms with E-state index in [1.165, 1.54) is 105 Å². The largest absolute Gasteiger partial charge is 0.456 e. The normalized spacial score (nSPS) is 15.9. The first kappa shape index (κ1) is 40.6. The first-order valence-corrected chi connectivity index (χ1v) is 24.7. The summed E-state index contributed by atoms with van der Waals surface area (Å²) in [5.74, 6) is 0.289. The molecule has 3 heteroatoms. The monoisotopic (exact) mass is 891 g/mol. The van der Waals surface area contributed by atoms with Crippen LogP contribution in [0, 0.1) is 6.92 Å². The summed E-state index contributed by atoms with van der Waals surface area (Å²) in [4.78, 5) is 4.34. The van der Waals surface area contributed by atoms with Crippen LogP contribution in [-0.2, 0) is 29.1 Å². The zero-order chi connectivity index (χ0) is 46.7. The molecule has 0 saturated carbocycles. The Morgan fingerprint density at radius 2 is 0.986 bits per heavy atom. The van der Waals surface area contributed by atoms with Crippen LogP contribution in [0.4, 0.5) is 0 Å². The summed E-state index contributed by atoms with van der Waals surface area (Å²) in [6.07, 6.45) is 5.64. The molecule has 69 heavy (non-hydrogen) atoms. The van der Waals surface area contributed by atoms with Crippen LogP contribution < -0.4 is 0 Å². The molecular formula is C66H53NO2. The number of aromatic nitrogens is 1. The summed E-state index contributed by atoms with van der Waals surface area (Å²) in [5.41, 5.74) is 27.3. The van der Waals surface area contributed by atoms with Crippen molar-refractivity contribution >= 4 is 43.9 Å². The van der Waals surface area contributed by atoms with Gasteiger partial charge in [-0.3, -0.25) is 4.98 Å². The lowest BCUT2D eigenvalue weighted by atomic mass is 9.78. The molecule has 0 N–H and O–H groups in total. The second-order valence-electron chi connectivity index (χ2n) is 21.9. The van der Waals surface area contributed by atoms with Crippen LogP contribution in [0.1, 0.15) is 103 Å². The Labute approximate surface area is 403 Å². The number of furan rings is 2. The minimum atomic E-state index is -0.218. The number of benzene rings is 8. The number of para-hydroxylation sites is 2. The van der Waals surface area contributed by atoms with Gasteiger partial charge >= 0.3 is 0 Å². The molecule has 0 spiro atoms. The van der Waals surface area contributed by atoms with Gasteiger partial charge in [0.15, 0.2) is 0 Å². The lowest BCUT2D eigenvalue weighted by molar-refractivity contribution is 0.644. The molecule has 14 rings (SSSR count). The Hall–Kier alpha value is -7.49. The van der Waals surface area contributed by atoms with E-state index in [9.17, 15) is 0 Å². The molecule has 3 aliphatic rings. The predicted molar refractivity (Wildman–Crippen MR) is 285 cm³/mol. The molecule has 3 aliphatic carbocycles. The van der Waals surface area contributed by atoms with Crippen LogP contribution in [0.15, 0.2) is 173 Å². The summed E-state index contributed by atoms with van der Waals surface area (Å²) in [7, 11) is 0. The fraction of sp³-hybridized carbons (Fsp3) is 0.197. The summed E-state index contributed by atoms with van der Waals surface area (Å²) >= 11 is 0. The van der Waals surface area contributed by atoms with E-state index in [0.717, 1.165) is 51.7 Å². The van der Waals surface area contributed by atoms with Crippen LogP contribution >= 0.6 is 0 Å². The summed E-state index contributed by atoms with van der Waals surface area (Å²) in [5, 5.41) is 4.80. The standard InChI is InChI=1S/C66H53NO2/c1-37-16-20-40(21-17-37)42(31-39-19-23-44-52(33-39)66(6,7)55-34-47(41-26-28-67-29-27-41)63-62(59(44)55)46-13-9-11-15-57(46)69-63)30-38-18-22-43-48-35-54-49(36-53(48)65(4,5)51(43)32-38)60-50(64(54,2)3)24-25-58-61(60)45-12-8-10-14-56(45)68-58/h8-29,32-36,42H,30-31H2,1-7H3. The number of rotatable bonds is 6.